The second kappa shape index (κ2) is 6.31. The van der Waals surface area contributed by atoms with Crippen molar-refractivity contribution in [2.45, 2.75) is 26.3 Å². The Hall–Kier alpha value is -1.52. The van der Waals surface area contributed by atoms with E-state index < -0.39 is 0 Å². The molecule has 1 saturated carbocycles. The standard InChI is InChI=1S/C17H19ClN2OS/c1-11-9-13(20(2)10-14-6-8-16(18)22-14)5-7-15(11)19-17(21)12-3-4-12/h5-9,12H,3-4,10H2,1-2H3,(H,19,21). The van der Waals surface area contributed by atoms with Crippen LogP contribution in [0.1, 0.15) is 23.3 Å². The van der Waals surface area contributed by atoms with Crippen molar-refractivity contribution in [1.82, 2.24) is 0 Å². The number of amides is 1. The van der Waals surface area contributed by atoms with Crippen LogP contribution in [0.2, 0.25) is 4.34 Å². The summed E-state index contributed by atoms with van der Waals surface area (Å²) < 4.78 is 0.817. The van der Waals surface area contributed by atoms with E-state index in [1.54, 1.807) is 11.3 Å². The Morgan fingerprint density at radius 3 is 2.73 bits per heavy atom. The van der Waals surface area contributed by atoms with E-state index in [-0.39, 0.29) is 11.8 Å². The quantitative estimate of drug-likeness (QED) is 0.860. The number of carbonyl (C=O) groups is 1. The number of nitrogens with zero attached hydrogens (tertiary/aromatic N) is 1. The number of hydrogen-bond donors (Lipinski definition) is 1. The highest BCUT2D eigenvalue weighted by Crippen LogP contribution is 2.31. The van der Waals surface area contributed by atoms with E-state index in [1.165, 1.54) is 4.88 Å². The lowest BCUT2D eigenvalue weighted by Gasteiger charge is -2.20. The lowest BCUT2D eigenvalue weighted by Crippen LogP contribution is -2.17. The molecule has 1 aromatic carbocycles. The molecule has 0 aliphatic heterocycles. The van der Waals surface area contributed by atoms with Crippen molar-refractivity contribution in [2.24, 2.45) is 5.92 Å². The summed E-state index contributed by atoms with van der Waals surface area (Å²) in [6.07, 6.45) is 2.05. The molecule has 1 heterocycles. The van der Waals surface area contributed by atoms with Crippen molar-refractivity contribution in [3.8, 4) is 0 Å². The monoisotopic (exact) mass is 334 g/mol. The summed E-state index contributed by atoms with van der Waals surface area (Å²) in [6.45, 7) is 2.85. The van der Waals surface area contributed by atoms with Gasteiger partial charge in [0.25, 0.3) is 0 Å². The average Bonchev–Trinajstić information content (AvgIpc) is 3.25. The number of benzene rings is 1. The average molecular weight is 335 g/mol. The van der Waals surface area contributed by atoms with Gasteiger partial charge in [0.2, 0.25) is 5.91 Å². The van der Waals surface area contributed by atoms with Crippen LogP contribution < -0.4 is 10.2 Å². The molecule has 116 valence electrons. The minimum Gasteiger partial charge on any atom is -0.369 e. The van der Waals surface area contributed by atoms with Gasteiger partial charge in [-0.15, -0.1) is 11.3 Å². The summed E-state index contributed by atoms with van der Waals surface area (Å²) in [6, 6.07) is 10.1. The third kappa shape index (κ3) is 3.62. The maximum Gasteiger partial charge on any atom is 0.227 e. The lowest BCUT2D eigenvalue weighted by molar-refractivity contribution is -0.117. The molecule has 1 fully saturated rings. The molecular formula is C17H19ClN2OS. The van der Waals surface area contributed by atoms with Gasteiger partial charge in [0.05, 0.1) is 10.9 Å². The van der Waals surface area contributed by atoms with Crippen LogP contribution in [0, 0.1) is 12.8 Å². The number of rotatable bonds is 5. The lowest BCUT2D eigenvalue weighted by atomic mass is 10.1. The minimum atomic E-state index is 0.150. The van der Waals surface area contributed by atoms with Gasteiger partial charge in [-0.25, -0.2) is 0 Å². The fourth-order valence-electron chi connectivity index (χ4n) is 2.37. The first-order valence-corrected chi connectivity index (χ1v) is 8.59. The highest BCUT2D eigenvalue weighted by Gasteiger charge is 2.29. The molecular weight excluding hydrogens is 316 g/mol. The van der Waals surface area contributed by atoms with Gasteiger partial charge in [0.15, 0.2) is 0 Å². The van der Waals surface area contributed by atoms with E-state index in [0.717, 1.165) is 40.7 Å². The molecule has 1 aliphatic carbocycles. The summed E-state index contributed by atoms with van der Waals surface area (Å²) in [5, 5.41) is 3.02. The zero-order valence-corrected chi connectivity index (χ0v) is 14.3. The normalized spacial score (nSPS) is 14.0. The topological polar surface area (TPSA) is 32.3 Å². The first-order valence-electron chi connectivity index (χ1n) is 7.40. The van der Waals surface area contributed by atoms with E-state index in [1.807, 2.05) is 25.1 Å². The third-order valence-corrected chi connectivity index (χ3v) is 5.09. The van der Waals surface area contributed by atoms with Crippen molar-refractivity contribution in [2.75, 3.05) is 17.3 Å². The zero-order valence-electron chi connectivity index (χ0n) is 12.7. The van der Waals surface area contributed by atoms with Crippen molar-refractivity contribution in [1.29, 1.82) is 0 Å². The molecule has 0 atom stereocenters. The van der Waals surface area contributed by atoms with E-state index in [0.29, 0.717) is 0 Å². The fourth-order valence-corrected chi connectivity index (χ4v) is 3.51. The van der Waals surface area contributed by atoms with Crippen LogP contribution in [0.4, 0.5) is 11.4 Å². The molecule has 1 aromatic heterocycles. The zero-order chi connectivity index (χ0) is 15.7. The Bertz CT molecular complexity index is 694. The number of carbonyl (C=O) groups excluding carboxylic acids is 1. The Balaban J connectivity index is 1.68. The number of hydrogen-bond acceptors (Lipinski definition) is 3. The number of aryl methyl sites for hydroxylation is 1. The molecule has 22 heavy (non-hydrogen) atoms. The number of halogens is 1. The van der Waals surface area contributed by atoms with Crippen LogP contribution in [0.5, 0.6) is 0 Å². The Morgan fingerprint density at radius 1 is 1.36 bits per heavy atom. The second-order valence-corrected chi connectivity index (χ2v) is 7.62. The number of thiophene rings is 1. The molecule has 0 unspecified atom stereocenters. The maximum atomic E-state index is 11.9. The summed E-state index contributed by atoms with van der Waals surface area (Å²) >= 11 is 7.58. The molecule has 1 N–H and O–H groups in total. The molecule has 3 nitrogen and oxygen atoms in total. The van der Waals surface area contributed by atoms with Crippen molar-refractivity contribution >= 4 is 40.2 Å². The predicted octanol–water partition coefficient (Wildman–Crippen LogP) is 4.69. The van der Waals surface area contributed by atoms with Crippen LogP contribution in [0.25, 0.3) is 0 Å². The van der Waals surface area contributed by atoms with Gasteiger partial charge >= 0.3 is 0 Å². The van der Waals surface area contributed by atoms with Crippen molar-refractivity contribution < 1.29 is 4.79 Å². The van der Waals surface area contributed by atoms with E-state index in [9.17, 15) is 4.79 Å². The van der Waals surface area contributed by atoms with Gasteiger partial charge in [0.1, 0.15) is 0 Å². The molecule has 0 saturated heterocycles. The minimum absolute atomic E-state index is 0.150. The highest BCUT2D eigenvalue weighted by molar-refractivity contribution is 7.16. The van der Waals surface area contributed by atoms with Crippen LogP contribution >= 0.6 is 22.9 Å². The molecule has 1 aliphatic rings. The van der Waals surface area contributed by atoms with Gasteiger partial charge < -0.3 is 10.2 Å². The van der Waals surface area contributed by atoms with Crippen LogP contribution in [0.3, 0.4) is 0 Å². The fraction of sp³-hybridized carbons (Fsp3) is 0.353. The smallest absolute Gasteiger partial charge is 0.227 e. The summed E-state index contributed by atoms with van der Waals surface area (Å²) in [4.78, 5) is 15.3. The molecule has 0 bridgehead atoms. The molecule has 1 amide bonds. The highest BCUT2D eigenvalue weighted by atomic mass is 35.5. The molecule has 0 spiro atoms. The summed E-state index contributed by atoms with van der Waals surface area (Å²) in [7, 11) is 2.06. The molecule has 5 heteroatoms. The van der Waals surface area contributed by atoms with Crippen LogP contribution in [-0.2, 0) is 11.3 Å². The number of nitrogens with one attached hydrogen (secondary N) is 1. The number of anilines is 2. The van der Waals surface area contributed by atoms with E-state index in [2.05, 4.69) is 29.4 Å². The Kier molecular flexibility index (Phi) is 4.41. The van der Waals surface area contributed by atoms with Gasteiger partial charge in [-0.1, -0.05) is 11.6 Å². The largest absolute Gasteiger partial charge is 0.369 e. The predicted molar refractivity (Wildman–Crippen MR) is 94.0 cm³/mol. The first kappa shape index (κ1) is 15.4. The summed E-state index contributed by atoms with van der Waals surface area (Å²) in [5.74, 6) is 0.378. The Morgan fingerprint density at radius 2 is 2.14 bits per heavy atom. The van der Waals surface area contributed by atoms with Gasteiger partial charge in [-0.2, -0.15) is 0 Å². The van der Waals surface area contributed by atoms with Gasteiger partial charge in [-0.3, -0.25) is 4.79 Å². The van der Waals surface area contributed by atoms with Crippen LogP contribution in [0.15, 0.2) is 30.3 Å². The van der Waals surface area contributed by atoms with Crippen molar-refractivity contribution in [3.05, 3.63) is 45.1 Å². The second-order valence-electron chi connectivity index (χ2n) is 5.82. The maximum absolute atomic E-state index is 11.9. The van der Waals surface area contributed by atoms with E-state index in [4.69, 9.17) is 11.6 Å². The van der Waals surface area contributed by atoms with Crippen LogP contribution in [-0.4, -0.2) is 13.0 Å². The van der Waals surface area contributed by atoms with Gasteiger partial charge in [-0.05, 0) is 55.7 Å². The van der Waals surface area contributed by atoms with Gasteiger partial charge in [0, 0.05) is 29.2 Å². The molecule has 2 aromatic rings. The van der Waals surface area contributed by atoms with E-state index >= 15 is 0 Å². The molecule has 3 rings (SSSR count). The summed E-state index contributed by atoms with van der Waals surface area (Å²) in [5.41, 5.74) is 3.13. The first-order chi connectivity index (χ1) is 10.5. The van der Waals surface area contributed by atoms with Crippen molar-refractivity contribution in [3.63, 3.8) is 0 Å². The third-order valence-electron chi connectivity index (χ3n) is 3.88. The SMILES string of the molecule is Cc1cc(N(C)Cc2ccc(Cl)s2)ccc1NC(=O)C1CC1. The molecule has 0 radical (unpaired) electrons. The Labute approximate surface area is 139 Å².